The molecule has 3 rings (SSSR count). The summed E-state index contributed by atoms with van der Waals surface area (Å²) in [5.41, 5.74) is 2.78. The maximum absolute atomic E-state index is 13.1. The number of carbonyl (C=O) groups excluding carboxylic acids is 2. The Kier molecular flexibility index (Phi) is 5.57. The van der Waals surface area contributed by atoms with Crippen LogP contribution in [0.2, 0.25) is 5.02 Å². The normalized spacial score (nSPS) is 13.5. The minimum atomic E-state index is -0.489. The number of fused-ring (bicyclic) bond motifs is 1. The first-order chi connectivity index (χ1) is 12.5. The summed E-state index contributed by atoms with van der Waals surface area (Å²) in [5.74, 6) is -0.748. The number of hydrogen-bond donors (Lipinski definition) is 1. The lowest BCUT2D eigenvalue weighted by atomic mass is 10.00. The Hall–Kier alpha value is -2.40. The van der Waals surface area contributed by atoms with Gasteiger partial charge in [0.1, 0.15) is 5.82 Å². The summed E-state index contributed by atoms with van der Waals surface area (Å²) in [7, 11) is 0. The number of aryl methyl sites for hydroxylation is 1. The Morgan fingerprint density at radius 2 is 2.04 bits per heavy atom. The Bertz CT molecular complexity index is 854. The first-order valence-electron chi connectivity index (χ1n) is 8.69. The van der Waals surface area contributed by atoms with Crippen molar-refractivity contribution in [3.05, 3.63) is 58.4 Å². The van der Waals surface area contributed by atoms with Crippen molar-refractivity contribution in [1.82, 2.24) is 0 Å². The Labute approximate surface area is 157 Å². The van der Waals surface area contributed by atoms with Crippen LogP contribution in [0, 0.1) is 5.82 Å². The highest BCUT2D eigenvalue weighted by molar-refractivity contribution is 6.34. The van der Waals surface area contributed by atoms with Crippen LogP contribution < -0.4 is 10.2 Å². The zero-order valence-corrected chi connectivity index (χ0v) is 15.3. The van der Waals surface area contributed by atoms with Gasteiger partial charge in [-0.05, 0) is 54.8 Å². The quantitative estimate of drug-likeness (QED) is 0.816. The van der Waals surface area contributed by atoms with Crippen molar-refractivity contribution < 1.29 is 14.0 Å². The molecular formula is C20H20ClFN2O2. The predicted molar refractivity (Wildman–Crippen MR) is 101 cm³/mol. The maximum Gasteiger partial charge on any atom is 0.257 e. The Balaban J connectivity index is 1.80. The van der Waals surface area contributed by atoms with Gasteiger partial charge in [0.25, 0.3) is 5.91 Å². The lowest BCUT2D eigenvalue weighted by Gasteiger charge is -2.29. The molecule has 2 amide bonds. The molecule has 136 valence electrons. The van der Waals surface area contributed by atoms with E-state index >= 15 is 0 Å². The smallest absolute Gasteiger partial charge is 0.257 e. The molecule has 1 aliphatic rings. The molecule has 4 nitrogen and oxygen atoms in total. The van der Waals surface area contributed by atoms with Gasteiger partial charge in [0.2, 0.25) is 5.91 Å². The van der Waals surface area contributed by atoms with Gasteiger partial charge in [0, 0.05) is 24.3 Å². The molecule has 0 unspecified atom stereocenters. The second-order valence-corrected chi connectivity index (χ2v) is 6.73. The van der Waals surface area contributed by atoms with Gasteiger partial charge in [0.15, 0.2) is 0 Å². The molecule has 0 spiro atoms. The van der Waals surface area contributed by atoms with Gasteiger partial charge in [-0.25, -0.2) is 4.39 Å². The van der Waals surface area contributed by atoms with Crippen LogP contribution in [0.5, 0.6) is 0 Å². The zero-order valence-electron chi connectivity index (χ0n) is 14.5. The molecule has 0 aromatic heterocycles. The third kappa shape index (κ3) is 3.88. The second kappa shape index (κ2) is 7.87. The fourth-order valence-electron chi connectivity index (χ4n) is 3.07. The topological polar surface area (TPSA) is 49.4 Å². The van der Waals surface area contributed by atoms with Gasteiger partial charge in [-0.15, -0.1) is 0 Å². The highest BCUT2D eigenvalue weighted by Gasteiger charge is 2.24. The molecular weight excluding hydrogens is 355 g/mol. The van der Waals surface area contributed by atoms with Crippen LogP contribution in [0.4, 0.5) is 15.8 Å². The molecule has 0 bridgehead atoms. The van der Waals surface area contributed by atoms with E-state index in [2.05, 4.69) is 12.2 Å². The molecule has 0 fully saturated rings. The molecule has 0 atom stereocenters. The number of benzene rings is 2. The molecule has 26 heavy (non-hydrogen) atoms. The SMILES string of the molecule is CCCCN1C(=O)CCc2cc(NC(=O)c3ccc(F)cc3Cl)ccc21. The number of halogens is 2. The van der Waals surface area contributed by atoms with E-state index in [1.54, 1.807) is 6.07 Å². The number of hydrogen-bond acceptors (Lipinski definition) is 2. The summed E-state index contributed by atoms with van der Waals surface area (Å²) in [6.07, 6.45) is 3.09. The van der Waals surface area contributed by atoms with Crippen molar-refractivity contribution in [2.75, 3.05) is 16.8 Å². The minimum Gasteiger partial charge on any atom is -0.322 e. The van der Waals surface area contributed by atoms with Crippen LogP contribution in [-0.4, -0.2) is 18.4 Å². The molecule has 1 heterocycles. The summed E-state index contributed by atoms with van der Waals surface area (Å²) in [4.78, 5) is 26.4. The van der Waals surface area contributed by atoms with Crippen molar-refractivity contribution in [2.24, 2.45) is 0 Å². The molecule has 2 aromatic rings. The van der Waals surface area contributed by atoms with Crippen molar-refractivity contribution in [3.63, 3.8) is 0 Å². The molecule has 0 radical (unpaired) electrons. The summed E-state index contributed by atoms with van der Waals surface area (Å²) < 4.78 is 13.1. The zero-order chi connectivity index (χ0) is 18.7. The van der Waals surface area contributed by atoms with E-state index in [1.807, 2.05) is 17.0 Å². The van der Waals surface area contributed by atoms with E-state index < -0.39 is 11.7 Å². The third-order valence-electron chi connectivity index (χ3n) is 4.45. The fraction of sp³-hybridized carbons (Fsp3) is 0.300. The van der Waals surface area contributed by atoms with Crippen molar-refractivity contribution in [1.29, 1.82) is 0 Å². The second-order valence-electron chi connectivity index (χ2n) is 6.32. The van der Waals surface area contributed by atoms with Crippen molar-refractivity contribution in [3.8, 4) is 0 Å². The van der Waals surface area contributed by atoms with Gasteiger partial charge < -0.3 is 10.2 Å². The van der Waals surface area contributed by atoms with Gasteiger partial charge >= 0.3 is 0 Å². The maximum atomic E-state index is 13.1. The molecule has 0 saturated heterocycles. The van der Waals surface area contributed by atoms with E-state index in [4.69, 9.17) is 11.6 Å². The summed E-state index contributed by atoms with van der Waals surface area (Å²) in [6, 6.07) is 9.19. The molecule has 6 heteroatoms. The molecule has 1 N–H and O–H groups in total. The first-order valence-corrected chi connectivity index (χ1v) is 9.07. The molecule has 0 saturated carbocycles. The van der Waals surface area contributed by atoms with Gasteiger partial charge in [-0.3, -0.25) is 9.59 Å². The first kappa shape index (κ1) is 18.4. The van der Waals surface area contributed by atoms with Gasteiger partial charge in [0.05, 0.1) is 10.6 Å². The number of anilines is 2. The standard InChI is InChI=1S/C20H20ClFN2O2/c1-2-3-10-24-18-8-6-15(11-13(18)4-9-19(24)25)23-20(26)16-7-5-14(22)12-17(16)21/h5-8,11-12H,2-4,9-10H2,1H3,(H,23,26). The molecule has 0 aliphatic carbocycles. The van der Waals surface area contributed by atoms with E-state index in [1.165, 1.54) is 12.1 Å². The Morgan fingerprint density at radius 3 is 2.77 bits per heavy atom. The highest BCUT2D eigenvalue weighted by atomic mass is 35.5. The van der Waals surface area contributed by atoms with Crippen LogP contribution in [0.3, 0.4) is 0 Å². The highest BCUT2D eigenvalue weighted by Crippen LogP contribution is 2.31. The third-order valence-corrected chi connectivity index (χ3v) is 4.76. The minimum absolute atomic E-state index is 0.0665. The van der Waals surface area contributed by atoms with E-state index in [0.717, 1.165) is 30.2 Å². The predicted octanol–water partition coefficient (Wildman–Crippen LogP) is 4.81. The van der Waals surface area contributed by atoms with Crippen LogP contribution in [0.15, 0.2) is 36.4 Å². The molecule has 1 aliphatic heterocycles. The number of nitrogens with one attached hydrogen (secondary N) is 1. The van der Waals surface area contributed by atoms with E-state index in [0.29, 0.717) is 25.1 Å². The summed E-state index contributed by atoms with van der Waals surface area (Å²) in [6.45, 7) is 2.80. The summed E-state index contributed by atoms with van der Waals surface area (Å²) in [5, 5.41) is 2.86. The number of unbranched alkanes of at least 4 members (excludes halogenated alkanes) is 1. The van der Waals surface area contributed by atoms with E-state index in [-0.39, 0.29) is 16.5 Å². The lowest BCUT2D eigenvalue weighted by molar-refractivity contribution is -0.118. The molecule has 2 aromatic carbocycles. The lowest BCUT2D eigenvalue weighted by Crippen LogP contribution is -2.35. The van der Waals surface area contributed by atoms with Crippen LogP contribution in [-0.2, 0) is 11.2 Å². The van der Waals surface area contributed by atoms with Crippen molar-refractivity contribution >= 4 is 34.8 Å². The van der Waals surface area contributed by atoms with Crippen LogP contribution >= 0.6 is 11.6 Å². The van der Waals surface area contributed by atoms with Crippen molar-refractivity contribution in [2.45, 2.75) is 32.6 Å². The number of carbonyl (C=O) groups is 2. The average Bonchev–Trinajstić information content (AvgIpc) is 2.61. The number of rotatable bonds is 5. The monoisotopic (exact) mass is 374 g/mol. The van der Waals surface area contributed by atoms with Gasteiger partial charge in [-0.1, -0.05) is 24.9 Å². The fourth-order valence-corrected chi connectivity index (χ4v) is 3.32. The largest absolute Gasteiger partial charge is 0.322 e. The average molecular weight is 375 g/mol. The number of nitrogens with zero attached hydrogens (tertiary/aromatic N) is 1. The van der Waals surface area contributed by atoms with Gasteiger partial charge in [-0.2, -0.15) is 0 Å². The summed E-state index contributed by atoms with van der Waals surface area (Å²) >= 11 is 5.94. The Morgan fingerprint density at radius 1 is 1.23 bits per heavy atom. The van der Waals surface area contributed by atoms with E-state index in [9.17, 15) is 14.0 Å². The number of amides is 2. The van der Waals surface area contributed by atoms with Crippen LogP contribution in [0.25, 0.3) is 0 Å². The van der Waals surface area contributed by atoms with Crippen LogP contribution in [0.1, 0.15) is 42.1 Å².